The second kappa shape index (κ2) is 6.51. The minimum Gasteiger partial charge on any atom is -0.301 e. The van der Waals surface area contributed by atoms with Gasteiger partial charge in [-0.05, 0) is 38.5 Å². The standard InChI is InChI=1S/C24H23N3O4/c1-4-25-20(28)17-18(21(25)29)24(3)22(30)26(16-8-6-5-7-9-16)23(31)27(24)19(17)15-12-10-14(2)11-13-15/h5-13,17-19H,4H2,1-3H3/t17?,18?,19?,24-/m1/s1. The predicted octanol–water partition coefficient (Wildman–Crippen LogP) is 2.90. The molecular formula is C24H23N3O4. The van der Waals surface area contributed by atoms with Crippen LogP contribution >= 0.6 is 0 Å². The van der Waals surface area contributed by atoms with E-state index in [1.165, 1.54) is 9.80 Å². The normalized spacial score (nSPS) is 29.8. The van der Waals surface area contributed by atoms with E-state index in [0.29, 0.717) is 5.69 Å². The lowest BCUT2D eigenvalue weighted by molar-refractivity contribution is -0.143. The number of hydrogen-bond donors (Lipinski definition) is 0. The molecule has 3 heterocycles. The number of carbonyl (C=O) groups is 4. The Bertz CT molecular complexity index is 1110. The molecule has 7 nitrogen and oxygen atoms in total. The van der Waals surface area contributed by atoms with Crippen molar-refractivity contribution >= 4 is 29.4 Å². The molecule has 5 amide bonds. The Morgan fingerprint density at radius 3 is 2.16 bits per heavy atom. The number of amides is 5. The second-order valence-electron chi connectivity index (χ2n) is 8.56. The number of benzene rings is 2. The average molecular weight is 417 g/mol. The van der Waals surface area contributed by atoms with Crippen LogP contribution in [0.15, 0.2) is 54.6 Å². The first-order chi connectivity index (χ1) is 14.8. The number of imide groups is 2. The Labute approximate surface area is 180 Å². The van der Waals surface area contributed by atoms with E-state index in [-0.39, 0.29) is 18.4 Å². The van der Waals surface area contributed by atoms with Gasteiger partial charge in [0.1, 0.15) is 5.54 Å². The van der Waals surface area contributed by atoms with Gasteiger partial charge in [-0.1, -0.05) is 48.0 Å². The first kappa shape index (κ1) is 19.5. The van der Waals surface area contributed by atoms with Gasteiger partial charge in [-0.2, -0.15) is 0 Å². The largest absolute Gasteiger partial charge is 0.332 e. The third-order valence-electron chi connectivity index (χ3n) is 6.95. The molecule has 3 saturated heterocycles. The number of para-hydroxylation sites is 1. The molecule has 4 atom stereocenters. The first-order valence-corrected chi connectivity index (χ1v) is 10.5. The van der Waals surface area contributed by atoms with Crippen LogP contribution in [0.5, 0.6) is 0 Å². The Balaban J connectivity index is 1.71. The van der Waals surface area contributed by atoms with Crippen molar-refractivity contribution in [2.75, 3.05) is 11.4 Å². The number of likely N-dealkylation sites (tertiary alicyclic amines) is 1. The van der Waals surface area contributed by atoms with E-state index < -0.39 is 35.4 Å². The van der Waals surface area contributed by atoms with E-state index in [2.05, 4.69) is 0 Å². The summed E-state index contributed by atoms with van der Waals surface area (Å²) < 4.78 is 0. The molecule has 0 aliphatic carbocycles. The summed E-state index contributed by atoms with van der Waals surface area (Å²) in [6.45, 7) is 5.57. The second-order valence-corrected chi connectivity index (χ2v) is 8.56. The van der Waals surface area contributed by atoms with E-state index in [1.54, 1.807) is 44.2 Å². The number of fused-ring (bicyclic) bond motifs is 3. The van der Waals surface area contributed by atoms with Crippen molar-refractivity contribution in [3.8, 4) is 0 Å². The number of aryl methyl sites for hydroxylation is 1. The van der Waals surface area contributed by atoms with Gasteiger partial charge in [-0.15, -0.1) is 0 Å². The van der Waals surface area contributed by atoms with Gasteiger partial charge < -0.3 is 4.90 Å². The number of anilines is 1. The van der Waals surface area contributed by atoms with Crippen molar-refractivity contribution < 1.29 is 19.2 Å². The number of rotatable bonds is 3. The summed E-state index contributed by atoms with van der Waals surface area (Å²) in [5, 5.41) is 0. The van der Waals surface area contributed by atoms with Gasteiger partial charge in [0.15, 0.2) is 0 Å². The third-order valence-corrected chi connectivity index (χ3v) is 6.95. The Kier molecular flexibility index (Phi) is 4.09. The number of carbonyl (C=O) groups excluding carboxylic acids is 4. The summed E-state index contributed by atoms with van der Waals surface area (Å²) >= 11 is 0. The molecule has 0 aromatic heterocycles. The van der Waals surface area contributed by atoms with Crippen molar-refractivity contribution in [3.05, 3.63) is 65.7 Å². The fourth-order valence-corrected chi connectivity index (χ4v) is 5.47. The molecule has 0 spiro atoms. The highest BCUT2D eigenvalue weighted by Crippen LogP contribution is 2.58. The molecule has 3 aliphatic rings. The van der Waals surface area contributed by atoms with Crippen molar-refractivity contribution in [2.24, 2.45) is 11.8 Å². The van der Waals surface area contributed by atoms with Crippen LogP contribution in [0.3, 0.4) is 0 Å². The topological polar surface area (TPSA) is 78.0 Å². The van der Waals surface area contributed by atoms with Gasteiger partial charge in [0.25, 0.3) is 5.91 Å². The minimum absolute atomic E-state index is 0.242. The van der Waals surface area contributed by atoms with E-state index in [0.717, 1.165) is 16.0 Å². The molecule has 2 aromatic carbocycles. The molecule has 3 fully saturated rings. The predicted molar refractivity (Wildman–Crippen MR) is 113 cm³/mol. The molecular weight excluding hydrogens is 394 g/mol. The van der Waals surface area contributed by atoms with Crippen LogP contribution < -0.4 is 4.90 Å². The van der Waals surface area contributed by atoms with Gasteiger partial charge in [0.05, 0.1) is 23.6 Å². The lowest BCUT2D eigenvalue weighted by Gasteiger charge is -2.32. The molecule has 0 N–H and O–H groups in total. The summed E-state index contributed by atoms with van der Waals surface area (Å²) in [7, 11) is 0. The van der Waals surface area contributed by atoms with E-state index in [1.807, 2.05) is 31.2 Å². The Morgan fingerprint density at radius 1 is 0.903 bits per heavy atom. The fraction of sp³-hybridized carbons (Fsp3) is 0.333. The molecule has 3 unspecified atom stereocenters. The van der Waals surface area contributed by atoms with E-state index in [9.17, 15) is 19.2 Å². The summed E-state index contributed by atoms with van der Waals surface area (Å²) in [6.07, 6.45) is 0. The van der Waals surface area contributed by atoms with Crippen LogP contribution in [0, 0.1) is 18.8 Å². The molecule has 158 valence electrons. The van der Waals surface area contributed by atoms with Crippen LogP contribution in [0.2, 0.25) is 0 Å². The highest BCUT2D eigenvalue weighted by atomic mass is 16.2. The van der Waals surface area contributed by atoms with Gasteiger partial charge >= 0.3 is 6.03 Å². The van der Waals surface area contributed by atoms with Gasteiger partial charge in [0.2, 0.25) is 11.8 Å². The van der Waals surface area contributed by atoms with Crippen LogP contribution in [0.4, 0.5) is 10.5 Å². The molecule has 0 saturated carbocycles. The van der Waals surface area contributed by atoms with Crippen LogP contribution in [-0.2, 0) is 14.4 Å². The van der Waals surface area contributed by atoms with E-state index in [4.69, 9.17) is 0 Å². The molecule has 2 aromatic rings. The van der Waals surface area contributed by atoms with Gasteiger partial charge in [-0.25, -0.2) is 9.69 Å². The smallest absolute Gasteiger partial charge is 0.301 e. The maximum absolute atomic E-state index is 13.7. The lowest BCUT2D eigenvalue weighted by Crippen LogP contribution is -2.51. The minimum atomic E-state index is -1.43. The van der Waals surface area contributed by atoms with Crippen molar-refractivity contribution in [1.29, 1.82) is 0 Å². The number of urea groups is 1. The quantitative estimate of drug-likeness (QED) is 0.568. The number of nitrogens with zero attached hydrogens (tertiary/aromatic N) is 3. The zero-order valence-electron chi connectivity index (χ0n) is 17.6. The summed E-state index contributed by atoms with van der Waals surface area (Å²) in [5.41, 5.74) is 0.819. The molecule has 31 heavy (non-hydrogen) atoms. The van der Waals surface area contributed by atoms with Crippen LogP contribution in [-0.4, -0.2) is 45.6 Å². The van der Waals surface area contributed by atoms with Crippen LogP contribution in [0.25, 0.3) is 0 Å². The molecule has 5 rings (SSSR count). The van der Waals surface area contributed by atoms with Gasteiger partial charge in [0, 0.05) is 6.54 Å². The maximum Gasteiger partial charge on any atom is 0.332 e. The summed E-state index contributed by atoms with van der Waals surface area (Å²) in [5.74, 6) is -2.84. The average Bonchev–Trinajstić information content (AvgIpc) is 3.26. The Morgan fingerprint density at radius 2 is 1.55 bits per heavy atom. The third kappa shape index (κ3) is 2.34. The highest BCUT2D eigenvalue weighted by molar-refractivity contribution is 6.26. The zero-order chi connectivity index (χ0) is 22.1. The summed E-state index contributed by atoms with van der Waals surface area (Å²) in [4.78, 5) is 57.8. The molecule has 0 bridgehead atoms. The van der Waals surface area contributed by atoms with Crippen molar-refractivity contribution in [3.63, 3.8) is 0 Å². The van der Waals surface area contributed by atoms with E-state index >= 15 is 0 Å². The Hall–Kier alpha value is -3.48. The zero-order valence-corrected chi connectivity index (χ0v) is 17.6. The highest BCUT2D eigenvalue weighted by Gasteiger charge is 2.75. The monoisotopic (exact) mass is 417 g/mol. The van der Waals surface area contributed by atoms with Crippen molar-refractivity contribution in [2.45, 2.75) is 32.4 Å². The van der Waals surface area contributed by atoms with Gasteiger partial charge in [-0.3, -0.25) is 19.3 Å². The first-order valence-electron chi connectivity index (χ1n) is 10.5. The molecule has 0 radical (unpaired) electrons. The maximum atomic E-state index is 13.7. The van der Waals surface area contributed by atoms with Crippen LogP contribution in [0.1, 0.15) is 31.0 Å². The lowest BCUT2D eigenvalue weighted by atomic mass is 9.79. The molecule has 3 aliphatic heterocycles. The molecule has 7 heteroatoms. The fourth-order valence-electron chi connectivity index (χ4n) is 5.47. The number of hydrogen-bond acceptors (Lipinski definition) is 4. The summed E-state index contributed by atoms with van der Waals surface area (Å²) in [6, 6.07) is 15.1. The SMILES string of the molecule is CCN1C(=O)C2C(c3ccc(C)cc3)N3C(=O)N(c4ccccc4)C(=O)[C@@]3(C)C2C1=O. The van der Waals surface area contributed by atoms with Crippen molar-refractivity contribution in [1.82, 2.24) is 9.80 Å².